The smallest absolute Gasteiger partial charge is 0.410 e. The molecule has 0 heterocycles. The van der Waals surface area contributed by atoms with Crippen molar-refractivity contribution in [1.82, 2.24) is 0 Å². The first kappa shape index (κ1) is 13.1. The van der Waals surface area contributed by atoms with Crippen LogP contribution in [0.3, 0.4) is 0 Å². The predicted molar refractivity (Wildman–Crippen MR) is 76.6 cm³/mol. The molecule has 0 aliphatic heterocycles. The van der Waals surface area contributed by atoms with E-state index in [9.17, 15) is 4.79 Å². The van der Waals surface area contributed by atoms with Crippen LogP contribution in [0.2, 0.25) is 0 Å². The SMILES string of the molecule is CCc1cc(C)cc(OC(=O)Nc2ccccc2)c1. The number of rotatable bonds is 3. The number of ether oxygens (including phenoxy) is 1. The van der Waals surface area contributed by atoms with Gasteiger partial charge in [-0.15, -0.1) is 0 Å². The van der Waals surface area contributed by atoms with E-state index in [4.69, 9.17) is 4.74 Å². The van der Waals surface area contributed by atoms with Gasteiger partial charge in [-0.25, -0.2) is 4.79 Å². The molecule has 1 amide bonds. The van der Waals surface area contributed by atoms with Gasteiger partial charge in [0.1, 0.15) is 5.75 Å². The first-order valence-electron chi connectivity index (χ1n) is 6.32. The zero-order chi connectivity index (χ0) is 13.7. The minimum atomic E-state index is -0.473. The van der Waals surface area contributed by atoms with Crippen molar-refractivity contribution >= 4 is 11.8 Å². The number of anilines is 1. The summed E-state index contributed by atoms with van der Waals surface area (Å²) in [6, 6.07) is 15.1. The summed E-state index contributed by atoms with van der Waals surface area (Å²) in [5, 5.41) is 2.69. The lowest BCUT2D eigenvalue weighted by molar-refractivity contribution is 0.215. The number of hydrogen-bond donors (Lipinski definition) is 1. The summed E-state index contributed by atoms with van der Waals surface area (Å²) in [7, 11) is 0. The van der Waals surface area contributed by atoms with E-state index in [-0.39, 0.29) is 0 Å². The van der Waals surface area contributed by atoms with Gasteiger partial charge in [-0.2, -0.15) is 0 Å². The Morgan fingerprint density at radius 3 is 2.58 bits per heavy atom. The van der Waals surface area contributed by atoms with E-state index >= 15 is 0 Å². The van der Waals surface area contributed by atoms with E-state index in [0.717, 1.165) is 23.2 Å². The van der Waals surface area contributed by atoms with Crippen LogP contribution in [0.1, 0.15) is 18.1 Å². The highest BCUT2D eigenvalue weighted by molar-refractivity contribution is 5.86. The van der Waals surface area contributed by atoms with Gasteiger partial charge in [-0.1, -0.05) is 31.2 Å². The van der Waals surface area contributed by atoms with E-state index < -0.39 is 6.09 Å². The molecule has 19 heavy (non-hydrogen) atoms. The molecule has 0 aromatic heterocycles. The molecule has 0 spiro atoms. The van der Waals surface area contributed by atoms with Crippen LogP contribution in [-0.4, -0.2) is 6.09 Å². The van der Waals surface area contributed by atoms with E-state index in [0.29, 0.717) is 5.75 Å². The minimum absolute atomic E-state index is 0.473. The lowest BCUT2D eigenvalue weighted by Gasteiger charge is -2.08. The number of nitrogens with one attached hydrogen (secondary N) is 1. The Hall–Kier alpha value is -2.29. The van der Waals surface area contributed by atoms with Crippen molar-refractivity contribution in [2.24, 2.45) is 0 Å². The molecule has 0 unspecified atom stereocenters. The quantitative estimate of drug-likeness (QED) is 0.894. The van der Waals surface area contributed by atoms with Gasteiger partial charge in [0.05, 0.1) is 0 Å². The molecule has 0 atom stereocenters. The predicted octanol–water partition coefficient (Wildman–Crippen LogP) is 4.17. The fraction of sp³-hybridized carbons (Fsp3) is 0.188. The molecular formula is C16H17NO2. The van der Waals surface area contributed by atoms with Crippen molar-refractivity contribution < 1.29 is 9.53 Å². The second-order valence-corrected chi connectivity index (χ2v) is 4.39. The fourth-order valence-electron chi connectivity index (χ4n) is 1.86. The van der Waals surface area contributed by atoms with Crippen LogP contribution in [0.5, 0.6) is 5.75 Å². The van der Waals surface area contributed by atoms with Crippen LogP contribution in [0.25, 0.3) is 0 Å². The summed E-state index contributed by atoms with van der Waals surface area (Å²) in [4.78, 5) is 11.8. The van der Waals surface area contributed by atoms with Crippen molar-refractivity contribution in [3.8, 4) is 5.75 Å². The van der Waals surface area contributed by atoms with Crippen molar-refractivity contribution in [3.63, 3.8) is 0 Å². The molecule has 0 fully saturated rings. The number of aryl methyl sites for hydroxylation is 2. The molecule has 3 nitrogen and oxygen atoms in total. The number of carbonyl (C=O) groups is 1. The molecule has 2 rings (SSSR count). The number of amides is 1. The molecule has 0 bridgehead atoms. The van der Waals surface area contributed by atoms with Gasteiger partial charge in [0.2, 0.25) is 0 Å². The second kappa shape index (κ2) is 6.05. The maximum absolute atomic E-state index is 11.8. The summed E-state index contributed by atoms with van der Waals surface area (Å²) >= 11 is 0. The molecule has 0 saturated heterocycles. The molecule has 2 aromatic carbocycles. The van der Waals surface area contributed by atoms with Gasteiger partial charge in [0.15, 0.2) is 0 Å². The normalized spacial score (nSPS) is 10.0. The molecule has 98 valence electrons. The third kappa shape index (κ3) is 3.85. The maximum atomic E-state index is 11.8. The van der Waals surface area contributed by atoms with Gasteiger partial charge in [-0.3, -0.25) is 5.32 Å². The molecule has 1 N–H and O–H groups in total. The largest absolute Gasteiger partial charge is 0.417 e. The topological polar surface area (TPSA) is 38.3 Å². The Bertz CT molecular complexity index is 564. The summed E-state index contributed by atoms with van der Waals surface area (Å²) in [6.45, 7) is 4.06. The van der Waals surface area contributed by atoms with E-state index in [2.05, 4.69) is 18.3 Å². The maximum Gasteiger partial charge on any atom is 0.417 e. The standard InChI is InChI=1S/C16H17NO2/c1-3-13-9-12(2)10-15(11-13)19-16(18)17-14-7-5-4-6-8-14/h4-11H,3H2,1-2H3,(H,17,18). The van der Waals surface area contributed by atoms with E-state index in [1.165, 1.54) is 0 Å². The summed E-state index contributed by atoms with van der Waals surface area (Å²) in [6.07, 6.45) is 0.442. The van der Waals surface area contributed by atoms with Crippen LogP contribution in [-0.2, 0) is 6.42 Å². The molecule has 0 aliphatic carbocycles. The zero-order valence-corrected chi connectivity index (χ0v) is 11.1. The summed E-state index contributed by atoms with van der Waals surface area (Å²) < 4.78 is 5.29. The molecular weight excluding hydrogens is 238 g/mol. The Balaban J connectivity index is 2.05. The number of carbonyl (C=O) groups excluding carboxylic acids is 1. The average molecular weight is 255 g/mol. The van der Waals surface area contributed by atoms with Gasteiger partial charge < -0.3 is 4.74 Å². The zero-order valence-electron chi connectivity index (χ0n) is 11.1. The monoisotopic (exact) mass is 255 g/mol. The Morgan fingerprint density at radius 2 is 1.89 bits per heavy atom. The fourth-order valence-corrected chi connectivity index (χ4v) is 1.86. The highest BCUT2D eigenvalue weighted by atomic mass is 16.6. The van der Waals surface area contributed by atoms with Gasteiger partial charge in [-0.05, 0) is 48.7 Å². The molecule has 0 radical (unpaired) electrons. The van der Waals surface area contributed by atoms with Crippen molar-refractivity contribution in [3.05, 3.63) is 59.7 Å². The Morgan fingerprint density at radius 1 is 1.16 bits per heavy atom. The van der Waals surface area contributed by atoms with Crippen LogP contribution < -0.4 is 10.1 Å². The lowest BCUT2D eigenvalue weighted by Crippen LogP contribution is -2.16. The molecule has 0 saturated carbocycles. The first-order valence-corrected chi connectivity index (χ1v) is 6.32. The summed E-state index contributed by atoms with van der Waals surface area (Å²) in [5.41, 5.74) is 2.96. The van der Waals surface area contributed by atoms with Crippen LogP contribution >= 0.6 is 0 Å². The highest BCUT2D eigenvalue weighted by Crippen LogP contribution is 2.18. The molecule has 2 aromatic rings. The van der Waals surface area contributed by atoms with Crippen LogP contribution in [0.15, 0.2) is 48.5 Å². The number of hydrogen-bond acceptors (Lipinski definition) is 2. The van der Waals surface area contributed by atoms with Gasteiger partial charge in [0, 0.05) is 5.69 Å². The molecule has 3 heteroatoms. The van der Waals surface area contributed by atoms with Crippen molar-refractivity contribution in [1.29, 1.82) is 0 Å². The first-order chi connectivity index (χ1) is 9.17. The van der Waals surface area contributed by atoms with E-state index in [1.807, 2.05) is 49.4 Å². The van der Waals surface area contributed by atoms with E-state index in [1.54, 1.807) is 0 Å². The third-order valence-electron chi connectivity index (χ3n) is 2.75. The minimum Gasteiger partial charge on any atom is -0.410 e. The Kier molecular flexibility index (Phi) is 4.18. The third-order valence-corrected chi connectivity index (χ3v) is 2.75. The second-order valence-electron chi connectivity index (χ2n) is 4.39. The highest BCUT2D eigenvalue weighted by Gasteiger charge is 2.06. The van der Waals surface area contributed by atoms with Gasteiger partial charge in [0.25, 0.3) is 0 Å². The lowest BCUT2D eigenvalue weighted by atomic mass is 10.1. The van der Waals surface area contributed by atoms with Crippen molar-refractivity contribution in [2.75, 3.05) is 5.32 Å². The number of benzene rings is 2. The van der Waals surface area contributed by atoms with Crippen LogP contribution in [0, 0.1) is 6.92 Å². The Labute approximate surface area is 113 Å². The summed E-state index contributed by atoms with van der Waals surface area (Å²) in [5.74, 6) is 0.574. The van der Waals surface area contributed by atoms with Gasteiger partial charge >= 0.3 is 6.09 Å². The molecule has 0 aliphatic rings. The van der Waals surface area contributed by atoms with Crippen LogP contribution in [0.4, 0.5) is 10.5 Å². The number of para-hydroxylation sites is 1. The average Bonchev–Trinajstić information content (AvgIpc) is 2.38. The van der Waals surface area contributed by atoms with Crippen molar-refractivity contribution in [2.45, 2.75) is 20.3 Å².